The molecule has 0 bridgehead atoms. The predicted molar refractivity (Wildman–Crippen MR) is 103 cm³/mol. The summed E-state index contributed by atoms with van der Waals surface area (Å²) in [6, 6.07) is 22.8. The van der Waals surface area contributed by atoms with E-state index in [0.29, 0.717) is 17.1 Å². The summed E-state index contributed by atoms with van der Waals surface area (Å²) in [7, 11) is 0. The maximum Gasteiger partial charge on any atom is 0.343 e. The highest BCUT2D eigenvalue weighted by atomic mass is 16.5. The van der Waals surface area contributed by atoms with E-state index in [1.165, 1.54) is 0 Å². The topological polar surface area (TPSA) is 64.6 Å². The van der Waals surface area contributed by atoms with Crippen molar-refractivity contribution in [1.82, 2.24) is 0 Å². The molecule has 3 rings (SSSR count). The van der Waals surface area contributed by atoms with E-state index >= 15 is 0 Å². The van der Waals surface area contributed by atoms with Gasteiger partial charge in [0.15, 0.2) is 6.61 Å². The van der Waals surface area contributed by atoms with Crippen molar-refractivity contribution >= 4 is 17.6 Å². The van der Waals surface area contributed by atoms with Crippen molar-refractivity contribution in [3.8, 4) is 11.5 Å². The summed E-state index contributed by atoms with van der Waals surface area (Å²) in [5.41, 5.74) is 2.18. The van der Waals surface area contributed by atoms with Crippen molar-refractivity contribution in [2.24, 2.45) is 0 Å². The van der Waals surface area contributed by atoms with E-state index in [0.717, 1.165) is 11.3 Å². The third kappa shape index (κ3) is 5.44. The summed E-state index contributed by atoms with van der Waals surface area (Å²) in [5.74, 6) is 0.263. The van der Waals surface area contributed by atoms with Gasteiger partial charge in [0.2, 0.25) is 0 Å². The molecule has 5 heteroatoms. The second-order valence-electron chi connectivity index (χ2n) is 5.93. The van der Waals surface area contributed by atoms with Crippen LogP contribution < -0.4 is 14.8 Å². The minimum Gasteiger partial charge on any atom is -0.484 e. The van der Waals surface area contributed by atoms with Crippen LogP contribution >= 0.6 is 0 Å². The standard InChI is InChI=1S/C22H19NO4/c1-16-6-5-7-18(14-16)23-21(24)15-26-19-12-10-17(11-13-19)22(25)27-20-8-3-2-4-9-20/h2-14H,15H2,1H3,(H,23,24). The zero-order chi connectivity index (χ0) is 19.1. The first-order chi connectivity index (χ1) is 13.1. The van der Waals surface area contributed by atoms with Crippen LogP contribution in [0.15, 0.2) is 78.9 Å². The molecular formula is C22H19NO4. The fourth-order valence-electron chi connectivity index (χ4n) is 2.41. The monoisotopic (exact) mass is 361 g/mol. The van der Waals surface area contributed by atoms with Crippen molar-refractivity contribution in [2.45, 2.75) is 6.92 Å². The van der Waals surface area contributed by atoms with E-state index in [2.05, 4.69) is 5.32 Å². The molecule has 27 heavy (non-hydrogen) atoms. The van der Waals surface area contributed by atoms with Gasteiger partial charge in [-0.05, 0) is 61.0 Å². The molecule has 0 radical (unpaired) electrons. The van der Waals surface area contributed by atoms with Gasteiger partial charge in [-0.2, -0.15) is 0 Å². The molecule has 136 valence electrons. The van der Waals surface area contributed by atoms with Gasteiger partial charge < -0.3 is 14.8 Å². The number of nitrogens with one attached hydrogen (secondary N) is 1. The third-order valence-corrected chi connectivity index (χ3v) is 3.72. The van der Waals surface area contributed by atoms with Gasteiger partial charge in [0.05, 0.1) is 5.56 Å². The van der Waals surface area contributed by atoms with Crippen LogP contribution in [0.5, 0.6) is 11.5 Å². The smallest absolute Gasteiger partial charge is 0.343 e. The summed E-state index contributed by atoms with van der Waals surface area (Å²) in [6.07, 6.45) is 0. The van der Waals surface area contributed by atoms with Crippen LogP contribution in [-0.2, 0) is 4.79 Å². The summed E-state index contributed by atoms with van der Waals surface area (Å²) < 4.78 is 10.7. The number of amides is 1. The maximum absolute atomic E-state index is 12.1. The lowest BCUT2D eigenvalue weighted by atomic mass is 10.2. The second-order valence-corrected chi connectivity index (χ2v) is 5.93. The molecule has 3 aromatic rings. The van der Waals surface area contributed by atoms with Crippen molar-refractivity contribution in [3.05, 3.63) is 90.0 Å². The number of anilines is 1. The normalized spacial score (nSPS) is 10.1. The quantitative estimate of drug-likeness (QED) is 0.527. The largest absolute Gasteiger partial charge is 0.484 e. The van der Waals surface area contributed by atoms with Crippen LogP contribution in [0, 0.1) is 6.92 Å². The summed E-state index contributed by atoms with van der Waals surface area (Å²) in [4.78, 5) is 24.1. The molecule has 0 saturated carbocycles. The Morgan fingerprint density at radius 2 is 1.59 bits per heavy atom. The van der Waals surface area contributed by atoms with Crippen molar-refractivity contribution in [1.29, 1.82) is 0 Å². The Labute approximate surface area is 157 Å². The van der Waals surface area contributed by atoms with Crippen LogP contribution in [-0.4, -0.2) is 18.5 Å². The highest BCUT2D eigenvalue weighted by Crippen LogP contribution is 2.16. The Morgan fingerprint density at radius 1 is 0.852 bits per heavy atom. The molecule has 0 fully saturated rings. The molecule has 0 aliphatic heterocycles. The fraction of sp³-hybridized carbons (Fsp3) is 0.0909. The molecule has 0 aromatic heterocycles. The van der Waals surface area contributed by atoms with E-state index in [1.54, 1.807) is 48.5 Å². The molecule has 0 spiro atoms. The first-order valence-corrected chi connectivity index (χ1v) is 8.47. The molecule has 3 aromatic carbocycles. The Balaban J connectivity index is 1.51. The number of carbonyl (C=O) groups is 2. The number of rotatable bonds is 6. The zero-order valence-corrected chi connectivity index (χ0v) is 14.8. The lowest BCUT2D eigenvalue weighted by molar-refractivity contribution is -0.118. The van der Waals surface area contributed by atoms with E-state index < -0.39 is 5.97 Å². The summed E-state index contributed by atoms with van der Waals surface area (Å²) >= 11 is 0. The zero-order valence-electron chi connectivity index (χ0n) is 14.8. The highest BCUT2D eigenvalue weighted by molar-refractivity contribution is 5.92. The van der Waals surface area contributed by atoms with Crippen LogP contribution in [0.1, 0.15) is 15.9 Å². The van der Waals surface area contributed by atoms with Gasteiger partial charge in [-0.15, -0.1) is 0 Å². The summed E-state index contributed by atoms with van der Waals surface area (Å²) in [6.45, 7) is 1.83. The van der Waals surface area contributed by atoms with Gasteiger partial charge in [0, 0.05) is 5.69 Å². The van der Waals surface area contributed by atoms with Crippen molar-refractivity contribution in [3.63, 3.8) is 0 Å². The van der Waals surface area contributed by atoms with Gasteiger partial charge in [-0.1, -0.05) is 30.3 Å². The van der Waals surface area contributed by atoms with E-state index in [9.17, 15) is 9.59 Å². The summed E-state index contributed by atoms with van der Waals surface area (Å²) in [5, 5.41) is 2.77. The number of aryl methyl sites for hydroxylation is 1. The Kier molecular flexibility index (Phi) is 5.84. The van der Waals surface area contributed by atoms with Crippen LogP contribution in [0.2, 0.25) is 0 Å². The Bertz CT molecular complexity index is 921. The molecule has 1 amide bonds. The third-order valence-electron chi connectivity index (χ3n) is 3.72. The minimum atomic E-state index is -0.454. The molecule has 0 aliphatic carbocycles. The first-order valence-electron chi connectivity index (χ1n) is 8.47. The van der Waals surface area contributed by atoms with E-state index in [-0.39, 0.29) is 12.5 Å². The molecule has 0 aliphatic rings. The van der Waals surface area contributed by atoms with Crippen molar-refractivity contribution in [2.75, 3.05) is 11.9 Å². The molecule has 0 atom stereocenters. The number of esters is 1. The average molecular weight is 361 g/mol. The van der Waals surface area contributed by atoms with Crippen LogP contribution in [0.4, 0.5) is 5.69 Å². The second kappa shape index (κ2) is 8.67. The molecule has 1 N–H and O–H groups in total. The Hall–Kier alpha value is -3.60. The van der Waals surface area contributed by atoms with Gasteiger partial charge in [-0.3, -0.25) is 4.79 Å². The Morgan fingerprint density at radius 3 is 2.30 bits per heavy atom. The maximum atomic E-state index is 12.1. The first kappa shape index (κ1) is 18.2. The number of hydrogen-bond acceptors (Lipinski definition) is 4. The van der Waals surface area contributed by atoms with Gasteiger partial charge in [-0.25, -0.2) is 4.79 Å². The number of benzene rings is 3. The van der Waals surface area contributed by atoms with Gasteiger partial charge in [0.1, 0.15) is 11.5 Å². The van der Waals surface area contributed by atoms with Crippen LogP contribution in [0.3, 0.4) is 0 Å². The minimum absolute atomic E-state index is 0.123. The predicted octanol–water partition coefficient (Wildman–Crippen LogP) is 4.23. The molecule has 0 saturated heterocycles. The van der Waals surface area contributed by atoms with E-state index in [4.69, 9.17) is 9.47 Å². The number of ether oxygens (including phenoxy) is 2. The number of carbonyl (C=O) groups excluding carboxylic acids is 2. The molecular weight excluding hydrogens is 342 g/mol. The SMILES string of the molecule is Cc1cccc(NC(=O)COc2ccc(C(=O)Oc3ccccc3)cc2)c1. The number of para-hydroxylation sites is 1. The molecule has 5 nitrogen and oxygen atoms in total. The van der Waals surface area contributed by atoms with Crippen molar-refractivity contribution < 1.29 is 19.1 Å². The lowest BCUT2D eigenvalue weighted by Crippen LogP contribution is -2.20. The lowest BCUT2D eigenvalue weighted by Gasteiger charge is -2.09. The highest BCUT2D eigenvalue weighted by Gasteiger charge is 2.09. The van der Waals surface area contributed by atoms with Gasteiger partial charge in [0.25, 0.3) is 5.91 Å². The van der Waals surface area contributed by atoms with E-state index in [1.807, 2.05) is 37.3 Å². The molecule has 0 heterocycles. The van der Waals surface area contributed by atoms with Gasteiger partial charge >= 0.3 is 5.97 Å². The fourth-order valence-corrected chi connectivity index (χ4v) is 2.41. The number of hydrogen-bond donors (Lipinski definition) is 1. The average Bonchev–Trinajstić information content (AvgIpc) is 2.67. The molecule has 0 unspecified atom stereocenters. The van der Waals surface area contributed by atoms with Crippen LogP contribution in [0.25, 0.3) is 0 Å².